The summed E-state index contributed by atoms with van der Waals surface area (Å²) in [6.45, 7) is 12.6. The molecule has 1 N–H and O–H groups in total. The van der Waals surface area contributed by atoms with E-state index in [4.69, 9.17) is 9.47 Å². The highest BCUT2D eigenvalue weighted by molar-refractivity contribution is 5.66. The Morgan fingerprint density at radius 2 is 1.94 bits per heavy atom. The molecule has 1 spiro atoms. The molecule has 0 aromatic heterocycles. The van der Waals surface area contributed by atoms with Crippen LogP contribution >= 0.6 is 0 Å². The molecule has 6 aliphatic rings. The highest BCUT2D eigenvalue weighted by atomic mass is 16.5. The molecule has 5 fully saturated rings. The van der Waals surface area contributed by atoms with E-state index >= 15 is 0 Å². The van der Waals surface area contributed by atoms with Crippen molar-refractivity contribution in [2.75, 3.05) is 6.54 Å². The normalized spacial score (nSPS) is 52.4. The van der Waals surface area contributed by atoms with E-state index in [1.807, 2.05) is 5.57 Å². The zero-order valence-corrected chi connectivity index (χ0v) is 22.2. The Morgan fingerprint density at radius 3 is 2.74 bits per heavy atom. The lowest BCUT2D eigenvalue weighted by atomic mass is 9.52. The number of nitrogens with one attached hydrogen (secondary N) is 1. The van der Waals surface area contributed by atoms with Crippen molar-refractivity contribution in [3.05, 3.63) is 11.1 Å². The van der Waals surface area contributed by atoms with Crippen LogP contribution in [0.25, 0.3) is 0 Å². The minimum absolute atomic E-state index is 0.0481. The van der Waals surface area contributed by atoms with Crippen molar-refractivity contribution in [3.8, 4) is 0 Å². The van der Waals surface area contributed by atoms with Crippen LogP contribution in [0.15, 0.2) is 11.1 Å². The monoisotopic (exact) mass is 469 g/mol. The van der Waals surface area contributed by atoms with E-state index in [9.17, 15) is 4.79 Å². The van der Waals surface area contributed by atoms with Gasteiger partial charge in [0.05, 0.1) is 11.7 Å². The highest BCUT2D eigenvalue weighted by Gasteiger charge is 2.59. The minimum Gasteiger partial charge on any atom is -0.463 e. The molecule has 0 aromatic carbocycles. The van der Waals surface area contributed by atoms with Gasteiger partial charge in [-0.15, -0.1) is 0 Å². The van der Waals surface area contributed by atoms with Crippen LogP contribution in [0.4, 0.5) is 0 Å². The van der Waals surface area contributed by atoms with Crippen molar-refractivity contribution in [3.63, 3.8) is 0 Å². The molecule has 2 aliphatic heterocycles. The van der Waals surface area contributed by atoms with Crippen LogP contribution in [0.1, 0.15) is 98.8 Å². The van der Waals surface area contributed by atoms with Crippen molar-refractivity contribution in [2.24, 2.45) is 40.9 Å². The van der Waals surface area contributed by atoms with E-state index in [0.29, 0.717) is 23.5 Å². The number of hydrogen-bond donors (Lipinski definition) is 1. The molecule has 0 radical (unpaired) electrons. The third-order valence-electron chi connectivity index (χ3n) is 11.9. The SMILES string of the molecule is CC(=O)O[C@H]1CC[C@@]2(C)[C@H](CC[C@H]3[C@@H]4CCC5(CC(C)=C4C[C@@H]32)O[C@@H]2C[C@H](C)CN[C@H]2[C@H]5C)C1. The lowest BCUT2D eigenvalue weighted by Crippen LogP contribution is -2.48. The Balaban J connectivity index is 1.23. The molecular formula is C30H47NO3. The van der Waals surface area contributed by atoms with Gasteiger partial charge in [0.25, 0.3) is 0 Å². The third kappa shape index (κ3) is 3.56. The summed E-state index contributed by atoms with van der Waals surface area (Å²) in [6, 6.07) is 0.543. The van der Waals surface area contributed by atoms with Gasteiger partial charge in [-0.05, 0) is 113 Å². The Kier molecular flexibility index (Phi) is 5.76. The fourth-order valence-electron chi connectivity index (χ4n) is 10.1. The molecule has 0 bridgehead atoms. The molecule has 6 rings (SSSR count). The zero-order chi connectivity index (χ0) is 23.8. The minimum atomic E-state index is -0.104. The van der Waals surface area contributed by atoms with E-state index < -0.39 is 0 Å². The maximum atomic E-state index is 11.6. The van der Waals surface area contributed by atoms with Crippen LogP contribution in [0.3, 0.4) is 0 Å². The van der Waals surface area contributed by atoms with Crippen molar-refractivity contribution in [2.45, 2.75) is 123 Å². The van der Waals surface area contributed by atoms with Gasteiger partial charge in [-0.1, -0.05) is 31.9 Å². The van der Waals surface area contributed by atoms with E-state index in [0.717, 1.165) is 55.4 Å². The molecule has 34 heavy (non-hydrogen) atoms. The van der Waals surface area contributed by atoms with E-state index in [-0.39, 0.29) is 17.7 Å². The van der Waals surface area contributed by atoms with Crippen molar-refractivity contribution in [1.82, 2.24) is 5.32 Å². The summed E-state index contributed by atoms with van der Waals surface area (Å²) in [4.78, 5) is 11.6. The number of fused-ring (bicyclic) bond motifs is 6. The van der Waals surface area contributed by atoms with E-state index in [1.54, 1.807) is 12.5 Å². The first-order valence-corrected chi connectivity index (χ1v) is 14.5. The van der Waals surface area contributed by atoms with Crippen molar-refractivity contribution in [1.29, 1.82) is 0 Å². The molecular weight excluding hydrogens is 422 g/mol. The van der Waals surface area contributed by atoms with Gasteiger partial charge in [0.15, 0.2) is 0 Å². The average molecular weight is 470 g/mol. The maximum Gasteiger partial charge on any atom is 0.302 e. The lowest BCUT2D eigenvalue weighted by molar-refractivity contribution is -0.154. The molecule has 0 amide bonds. The number of allylic oxidation sites excluding steroid dienone is 1. The summed E-state index contributed by atoms with van der Waals surface area (Å²) in [6.07, 6.45) is 12.9. The van der Waals surface area contributed by atoms with Crippen LogP contribution in [-0.2, 0) is 14.3 Å². The highest BCUT2D eigenvalue weighted by Crippen LogP contribution is 2.65. The second-order valence-electron chi connectivity index (χ2n) is 13.7. The number of hydrogen-bond acceptors (Lipinski definition) is 4. The summed E-state index contributed by atoms with van der Waals surface area (Å²) in [5.74, 6) is 4.38. The van der Waals surface area contributed by atoms with Gasteiger partial charge >= 0.3 is 5.97 Å². The molecule has 190 valence electrons. The molecule has 4 heteroatoms. The van der Waals surface area contributed by atoms with Gasteiger partial charge < -0.3 is 14.8 Å². The topological polar surface area (TPSA) is 47.6 Å². The zero-order valence-electron chi connectivity index (χ0n) is 22.2. The number of piperidine rings is 1. The van der Waals surface area contributed by atoms with E-state index in [1.165, 1.54) is 44.9 Å². The summed E-state index contributed by atoms with van der Waals surface area (Å²) >= 11 is 0. The first-order valence-electron chi connectivity index (χ1n) is 14.5. The Labute approximate surface area is 207 Å². The van der Waals surface area contributed by atoms with Gasteiger partial charge in [-0.25, -0.2) is 0 Å². The number of carbonyl (C=O) groups excluding carboxylic acids is 1. The molecule has 4 aliphatic carbocycles. The third-order valence-corrected chi connectivity index (χ3v) is 11.9. The summed E-state index contributed by atoms with van der Waals surface area (Å²) in [7, 11) is 0. The first-order chi connectivity index (χ1) is 16.2. The second kappa shape index (κ2) is 8.33. The van der Waals surface area contributed by atoms with Crippen LogP contribution in [0.2, 0.25) is 0 Å². The predicted octanol–water partition coefficient (Wildman–Crippen LogP) is 6.04. The average Bonchev–Trinajstić information content (AvgIpc) is 3.24. The van der Waals surface area contributed by atoms with Gasteiger partial charge in [-0.2, -0.15) is 0 Å². The molecule has 11 atom stereocenters. The summed E-state index contributed by atoms with van der Waals surface area (Å²) in [5.41, 5.74) is 3.96. The van der Waals surface area contributed by atoms with Crippen LogP contribution in [-0.4, -0.2) is 36.4 Å². The molecule has 4 nitrogen and oxygen atoms in total. The molecule has 0 aromatic rings. The molecule has 2 saturated heterocycles. The van der Waals surface area contributed by atoms with Crippen molar-refractivity contribution < 1.29 is 14.3 Å². The fourth-order valence-corrected chi connectivity index (χ4v) is 10.1. The van der Waals surface area contributed by atoms with Gasteiger partial charge in [-0.3, -0.25) is 4.79 Å². The second-order valence-corrected chi connectivity index (χ2v) is 13.7. The van der Waals surface area contributed by atoms with Crippen LogP contribution in [0, 0.1) is 40.9 Å². The van der Waals surface area contributed by atoms with Gasteiger partial charge in [0.2, 0.25) is 0 Å². The Morgan fingerprint density at radius 1 is 1.12 bits per heavy atom. The predicted molar refractivity (Wildman–Crippen MR) is 134 cm³/mol. The summed E-state index contributed by atoms with van der Waals surface area (Å²) < 4.78 is 12.7. The maximum absolute atomic E-state index is 11.6. The number of rotatable bonds is 1. The largest absolute Gasteiger partial charge is 0.463 e. The number of carbonyl (C=O) groups is 1. The summed E-state index contributed by atoms with van der Waals surface area (Å²) in [5, 5.41) is 3.86. The standard InChI is InChI=1S/C30H47NO3/c1-17-12-27-28(31-16-17)19(3)30(34-27)11-9-23-24-7-6-21-13-22(33-20(4)32)8-10-29(21,5)26(24)14-25(23)18(2)15-30/h17,19,21-24,26-28,31H,6-16H2,1-5H3/t17-,19+,21+,22-,23-,24-,26-,27+,28-,29-,30?/m0/s1. The van der Waals surface area contributed by atoms with Gasteiger partial charge in [0.1, 0.15) is 6.10 Å². The molecule has 2 heterocycles. The fraction of sp³-hybridized carbons (Fsp3) is 0.900. The Bertz CT molecular complexity index is 867. The quantitative estimate of drug-likeness (QED) is 0.375. The number of ether oxygens (including phenoxy) is 2. The smallest absolute Gasteiger partial charge is 0.302 e. The lowest BCUT2D eigenvalue weighted by Gasteiger charge is -2.54. The number of esters is 1. The molecule has 3 saturated carbocycles. The van der Waals surface area contributed by atoms with E-state index in [2.05, 4.69) is 33.0 Å². The Hall–Kier alpha value is -0.870. The first kappa shape index (κ1) is 23.5. The van der Waals surface area contributed by atoms with Crippen LogP contribution in [0.5, 0.6) is 0 Å². The van der Waals surface area contributed by atoms with Crippen LogP contribution < -0.4 is 5.32 Å². The van der Waals surface area contributed by atoms with Gasteiger partial charge in [0, 0.05) is 18.9 Å². The molecule has 1 unspecified atom stereocenters. The van der Waals surface area contributed by atoms with Crippen molar-refractivity contribution >= 4 is 5.97 Å².